The van der Waals surface area contributed by atoms with Crippen LogP contribution >= 0.6 is 0 Å². The number of benzene rings is 1. The molecule has 162 valence electrons. The van der Waals surface area contributed by atoms with Crippen LogP contribution in [0.5, 0.6) is 0 Å². The molecule has 0 bridgehead atoms. The van der Waals surface area contributed by atoms with Crippen LogP contribution in [0, 0.1) is 0 Å². The molecular formula is C25H31N5O. The highest BCUT2D eigenvalue weighted by atomic mass is 16.3. The molecule has 3 aromatic rings. The summed E-state index contributed by atoms with van der Waals surface area (Å²) in [5.74, 6) is 1.01. The average molecular weight is 418 g/mol. The van der Waals surface area contributed by atoms with Crippen molar-refractivity contribution in [1.82, 2.24) is 19.9 Å². The van der Waals surface area contributed by atoms with E-state index in [-0.39, 0.29) is 0 Å². The standard InChI is InChI=1S/C25H31N5O/c1-19(20-5-7-22-23(17-20)27-12-11-26-22)29-13-15-30(16-14-29)24-8-6-21(18-28-24)25(31)9-3-2-4-10-25/h5-8,11-12,17-19,31H,2-4,9-10,13-16H2,1H3. The van der Waals surface area contributed by atoms with E-state index in [0.29, 0.717) is 6.04 Å². The van der Waals surface area contributed by atoms with Crippen LogP contribution in [-0.4, -0.2) is 51.1 Å². The van der Waals surface area contributed by atoms with Crippen LogP contribution < -0.4 is 4.90 Å². The summed E-state index contributed by atoms with van der Waals surface area (Å²) in [5.41, 5.74) is 3.47. The molecule has 1 atom stereocenters. The molecule has 1 saturated carbocycles. The predicted octanol–water partition coefficient (Wildman–Crippen LogP) is 4.06. The average Bonchev–Trinajstić information content (AvgIpc) is 2.84. The van der Waals surface area contributed by atoms with Crippen molar-refractivity contribution in [1.29, 1.82) is 0 Å². The van der Waals surface area contributed by atoms with Gasteiger partial charge in [-0.2, -0.15) is 0 Å². The second-order valence-electron chi connectivity index (χ2n) is 9.00. The molecule has 2 aliphatic rings. The summed E-state index contributed by atoms with van der Waals surface area (Å²) in [6, 6.07) is 10.9. The molecule has 3 heterocycles. The van der Waals surface area contributed by atoms with Crippen LogP contribution in [0.1, 0.15) is 56.2 Å². The molecule has 2 fully saturated rings. The lowest BCUT2D eigenvalue weighted by atomic mass is 9.80. The van der Waals surface area contributed by atoms with E-state index >= 15 is 0 Å². The normalized spacial score (nSPS) is 20.6. The smallest absolute Gasteiger partial charge is 0.128 e. The Morgan fingerprint density at radius 2 is 1.61 bits per heavy atom. The molecule has 0 spiro atoms. The van der Waals surface area contributed by atoms with Crippen molar-refractivity contribution in [2.75, 3.05) is 31.1 Å². The topological polar surface area (TPSA) is 65.4 Å². The van der Waals surface area contributed by atoms with Crippen LogP contribution in [0.3, 0.4) is 0 Å². The number of hydrogen-bond acceptors (Lipinski definition) is 6. The Morgan fingerprint density at radius 1 is 0.871 bits per heavy atom. The minimum Gasteiger partial charge on any atom is -0.385 e. The Bertz CT molecular complexity index is 1020. The molecule has 0 amide bonds. The first-order chi connectivity index (χ1) is 15.1. The van der Waals surface area contributed by atoms with Gasteiger partial charge in [0.15, 0.2) is 0 Å². The maximum atomic E-state index is 10.9. The number of aliphatic hydroxyl groups is 1. The minimum atomic E-state index is -0.678. The van der Waals surface area contributed by atoms with Crippen molar-refractivity contribution in [3.63, 3.8) is 0 Å². The molecule has 1 aromatic carbocycles. The number of fused-ring (bicyclic) bond motifs is 1. The summed E-state index contributed by atoms with van der Waals surface area (Å²) in [5, 5.41) is 10.9. The van der Waals surface area contributed by atoms with Gasteiger partial charge in [-0.25, -0.2) is 4.98 Å². The highest BCUT2D eigenvalue weighted by Gasteiger charge is 2.31. The van der Waals surface area contributed by atoms with E-state index in [2.05, 4.69) is 57.0 Å². The Kier molecular flexibility index (Phi) is 5.59. The molecule has 1 aliphatic carbocycles. The summed E-state index contributed by atoms with van der Waals surface area (Å²) in [4.78, 5) is 18.4. The maximum Gasteiger partial charge on any atom is 0.128 e. The highest BCUT2D eigenvalue weighted by Crippen LogP contribution is 2.37. The summed E-state index contributed by atoms with van der Waals surface area (Å²) < 4.78 is 0. The van der Waals surface area contributed by atoms with E-state index in [1.807, 2.05) is 6.20 Å². The van der Waals surface area contributed by atoms with Gasteiger partial charge >= 0.3 is 0 Å². The van der Waals surface area contributed by atoms with E-state index in [1.54, 1.807) is 12.4 Å². The Morgan fingerprint density at radius 3 is 2.32 bits per heavy atom. The first-order valence-electron chi connectivity index (χ1n) is 11.5. The van der Waals surface area contributed by atoms with Gasteiger partial charge in [0, 0.05) is 56.4 Å². The van der Waals surface area contributed by atoms with Gasteiger partial charge in [-0.1, -0.05) is 31.4 Å². The third kappa shape index (κ3) is 4.14. The van der Waals surface area contributed by atoms with Crippen LogP contribution in [0.25, 0.3) is 11.0 Å². The third-order valence-corrected chi connectivity index (χ3v) is 7.13. The lowest BCUT2D eigenvalue weighted by Crippen LogP contribution is -2.47. The van der Waals surface area contributed by atoms with Gasteiger partial charge in [0.25, 0.3) is 0 Å². The maximum absolute atomic E-state index is 10.9. The second-order valence-corrected chi connectivity index (χ2v) is 9.00. The second kappa shape index (κ2) is 8.52. The monoisotopic (exact) mass is 417 g/mol. The number of rotatable bonds is 4. The van der Waals surface area contributed by atoms with Crippen LogP contribution in [-0.2, 0) is 5.60 Å². The number of piperazine rings is 1. The van der Waals surface area contributed by atoms with Gasteiger partial charge in [-0.3, -0.25) is 14.9 Å². The van der Waals surface area contributed by atoms with Gasteiger partial charge in [0.1, 0.15) is 5.82 Å². The number of aromatic nitrogens is 3. The van der Waals surface area contributed by atoms with E-state index < -0.39 is 5.60 Å². The van der Waals surface area contributed by atoms with Crippen molar-refractivity contribution in [2.45, 2.75) is 50.7 Å². The molecule has 1 aliphatic heterocycles. The summed E-state index contributed by atoms with van der Waals surface area (Å²) in [6.07, 6.45) is 10.5. The van der Waals surface area contributed by atoms with Crippen molar-refractivity contribution in [2.24, 2.45) is 0 Å². The number of nitrogens with zero attached hydrogens (tertiary/aromatic N) is 5. The third-order valence-electron chi connectivity index (χ3n) is 7.13. The molecule has 31 heavy (non-hydrogen) atoms. The van der Waals surface area contributed by atoms with Gasteiger partial charge in [0.05, 0.1) is 16.6 Å². The fraction of sp³-hybridized carbons (Fsp3) is 0.480. The SMILES string of the molecule is CC(c1ccc2nccnc2c1)N1CCN(c2ccc(C3(O)CCCCC3)cn2)CC1. The van der Waals surface area contributed by atoms with E-state index in [1.165, 1.54) is 12.0 Å². The van der Waals surface area contributed by atoms with Crippen molar-refractivity contribution in [3.05, 3.63) is 60.0 Å². The zero-order valence-corrected chi connectivity index (χ0v) is 18.2. The quantitative estimate of drug-likeness (QED) is 0.691. The Hall–Kier alpha value is -2.57. The van der Waals surface area contributed by atoms with E-state index in [4.69, 9.17) is 4.98 Å². The minimum absolute atomic E-state index is 0.337. The Labute approximate surface area is 184 Å². The molecule has 1 unspecified atom stereocenters. The molecule has 6 nitrogen and oxygen atoms in total. The molecule has 2 aromatic heterocycles. The largest absolute Gasteiger partial charge is 0.385 e. The lowest BCUT2D eigenvalue weighted by Gasteiger charge is -2.39. The Balaban J connectivity index is 1.22. The van der Waals surface area contributed by atoms with Crippen molar-refractivity contribution < 1.29 is 5.11 Å². The van der Waals surface area contributed by atoms with E-state index in [0.717, 1.165) is 74.3 Å². The molecular weight excluding hydrogens is 386 g/mol. The first-order valence-corrected chi connectivity index (χ1v) is 11.5. The van der Waals surface area contributed by atoms with Crippen molar-refractivity contribution >= 4 is 16.9 Å². The number of pyridine rings is 1. The predicted molar refractivity (Wildman–Crippen MR) is 123 cm³/mol. The number of anilines is 1. The van der Waals surface area contributed by atoms with Gasteiger partial charge in [-0.15, -0.1) is 0 Å². The van der Waals surface area contributed by atoms with Crippen LogP contribution in [0.4, 0.5) is 5.82 Å². The fourth-order valence-corrected chi connectivity index (χ4v) is 5.06. The van der Waals surface area contributed by atoms with Crippen molar-refractivity contribution in [3.8, 4) is 0 Å². The highest BCUT2D eigenvalue weighted by molar-refractivity contribution is 5.74. The van der Waals surface area contributed by atoms with Crippen LogP contribution in [0.2, 0.25) is 0 Å². The van der Waals surface area contributed by atoms with Crippen LogP contribution in [0.15, 0.2) is 48.9 Å². The summed E-state index contributed by atoms with van der Waals surface area (Å²) >= 11 is 0. The summed E-state index contributed by atoms with van der Waals surface area (Å²) in [7, 11) is 0. The number of hydrogen-bond donors (Lipinski definition) is 1. The molecule has 1 N–H and O–H groups in total. The summed E-state index contributed by atoms with van der Waals surface area (Å²) in [6.45, 7) is 6.16. The first kappa shape index (κ1) is 20.3. The molecule has 0 radical (unpaired) electrons. The molecule has 6 heteroatoms. The zero-order chi connectivity index (χ0) is 21.3. The van der Waals surface area contributed by atoms with Gasteiger partial charge in [-0.05, 0) is 43.5 Å². The molecule has 5 rings (SSSR count). The van der Waals surface area contributed by atoms with Gasteiger partial charge in [0.2, 0.25) is 0 Å². The fourth-order valence-electron chi connectivity index (χ4n) is 5.06. The lowest BCUT2D eigenvalue weighted by molar-refractivity contribution is -0.000911. The zero-order valence-electron chi connectivity index (χ0n) is 18.2. The van der Waals surface area contributed by atoms with Gasteiger partial charge < -0.3 is 10.0 Å². The van der Waals surface area contributed by atoms with E-state index in [9.17, 15) is 5.11 Å². The molecule has 1 saturated heterocycles.